The van der Waals surface area contributed by atoms with Crippen molar-refractivity contribution >= 4 is 23.1 Å². The monoisotopic (exact) mass is 377 g/mol. The molecular formula is C26H19NS. The average Bonchev–Trinajstić information content (AvgIpc) is 2.73. The van der Waals surface area contributed by atoms with Crippen LogP contribution in [0.4, 0.5) is 5.69 Å². The van der Waals surface area contributed by atoms with Gasteiger partial charge in [0.05, 0.1) is 10.8 Å². The van der Waals surface area contributed by atoms with Gasteiger partial charge in [-0.15, -0.1) is 0 Å². The lowest BCUT2D eigenvalue weighted by Crippen LogP contribution is -1.85. The third kappa shape index (κ3) is 5.29. The molecule has 0 aliphatic rings. The minimum Gasteiger partial charge on any atom is -0.195 e. The number of nitrogens with zero attached hydrogens (tertiary/aromatic N) is 1. The first-order valence-electron chi connectivity index (χ1n) is 9.09. The van der Waals surface area contributed by atoms with Crippen LogP contribution in [0.3, 0.4) is 0 Å². The van der Waals surface area contributed by atoms with Crippen LogP contribution in [-0.2, 0) is 6.42 Å². The van der Waals surface area contributed by atoms with Crippen LogP contribution in [0, 0.1) is 30.6 Å². The molecule has 0 heterocycles. The molecule has 0 atom stereocenters. The van der Waals surface area contributed by atoms with E-state index in [4.69, 9.17) is 0 Å². The quantitative estimate of drug-likeness (QED) is 0.299. The lowest BCUT2D eigenvalue weighted by molar-refractivity contribution is 1.14. The molecule has 3 aromatic rings. The summed E-state index contributed by atoms with van der Waals surface area (Å²) >= 11 is 4.61. The summed E-state index contributed by atoms with van der Waals surface area (Å²) in [5.74, 6) is 12.9. The van der Waals surface area contributed by atoms with Crippen molar-refractivity contribution in [2.45, 2.75) is 20.3 Å². The lowest BCUT2D eigenvalue weighted by Gasteiger charge is -1.99. The van der Waals surface area contributed by atoms with Gasteiger partial charge >= 0.3 is 0 Å². The van der Waals surface area contributed by atoms with E-state index in [9.17, 15) is 0 Å². The van der Waals surface area contributed by atoms with Crippen molar-refractivity contribution in [1.82, 2.24) is 0 Å². The number of aliphatic imine (C=N–C) groups is 1. The van der Waals surface area contributed by atoms with Gasteiger partial charge in [0, 0.05) is 22.3 Å². The molecule has 0 saturated carbocycles. The smallest absolute Gasteiger partial charge is 0.0740 e. The van der Waals surface area contributed by atoms with Gasteiger partial charge in [-0.1, -0.05) is 42.7 Å². The van der Waals surface area contributed by atoms with E-state index in [1.807, 2.05) is 36.4 Å². The van der Waals surface area contributed by atoms with Crippen LogP contribution in [0.1, 0.15) is 40.3 Å². The van der Waals surface area contributed by atoms with Gasteiger partial charge in [-0.2, -0.15) is 4.99 Å². The van der Waals surface area contributed by atoms with Crippen LogP contribution in [-0.4, -0.2) is 5.16 Å². The predicted molar refractivity (Wildman–Crippen MR) is 120 cm³/mol. The Kier molecular flexibility index (Phi) is 6.56. The van der Waals surface area contributed by atoms with Crippen LogP contribution in [0.2, 0.25) is 0 Å². The van der Waals surface area contributed by atoms with Gasteiger partial charge < -0.3 is 0 Å². The SMILES string of the molecule is CCc1ccc(C#Cc2ccc(C#Cc3ccc(N=C=S)cc3)c(C)c2)cc1. The van der Waals surface area contributed by atoms with Crippen molar-refractivity contribution in [1.29, 1.82) is 0 Å². The molecule has 0 radical (unpaired) electrons. The summed E-state index contributed by atoms with van der Waals surface area (Å²) in [6.45, 7) is 4.21. The first-order chi connectivity index (χ1) is 13.7. The fourth-order valence-corrected chi connectivity index (χ4v) is 2.77. The standard InChI is InChI=1S/C26H19NS/c1-3-21-4-6-22(7-5-21)8-9-24-11-15-25(20(2)18-24)14-10-23-12-16-26(17-13-23)27-19-28/h4-7,11-13,15-18H,3H2,1-2H3. The van der Waals surface area contributed by atoms with Crippen LogP contribution in [0.15, 0.2) is 71.7 Å². The molecule has 3 rings (SSSR count). The topological polar surface area (TPSA) is 12.4 Å². The van der Waals surface area contributed by atoms with Gasteiger partial charge in [0.15, 0.2) is 0 Å². The van der Waals surface area contributed by atoms with E-state index in [1.165, 1.54) is 5.56 Å². The summed E-state index contributed by atoms with van der Waals surface area (Å²) in [5.41, 5.74) is 7.17. The summed E-state index contributed by atoms with van der Waals surface area (Å²) < 4.78 is 0. The molecule has 0 saturated heterocycles. The van der Waals surface area contributed by atoms with Gasteiger partial charge in [0.1, 0.15) is 0 Å². The lowest BCUT2D eigenvalue weighted by atomic mass is 10.0. The van der Waals surface area contributed by atoms with Crippen molar-refractivity contribution < 1.29 is 0 Å². The Balaban J connectivity index is 1.76. The summed E-state index contributed by atoms with van der Waals surface area (Å²) in [4.78, 5) is 3.94. The molecule has 0 spiro atoms. The Morgan fingerprint density at radius 2 is 1.32 bits per heavy atom. The van der Waals surface area contributed by atoms with Crippen LogP contribution >= 0.6 is 12.2 Å². The van der Waals surface area contributed by atoms with Crippen LogP contribution < -0.4 is 0 Å². The van der Waals surface area contributed by atoms with E-state index in [1.54, 1.807) is 0 Å². The van der Waals surface area contributed by atoms with E-state index in [-0.39, 0.29) is 0 Å². The molecule has 0 N–H and O–H groups in total. The van der Waals surface area contributed by atoms with E-state index in [0.717, 1.165) is 39.9 Å². The molecule has 1 nitrogen and oxygen atoms in total. The Hall–Kier alpha value is -3.42. The van der Waals surface area contributed by atoms with E-state index in [2.05, 4.69) is 90.2 Å². The minimum absolute atomic E-state index is 0.781. The van der Waals surface area contributed by atoms with Gasteiger partial charge in [-0.3, -0.25) is 0 Å². The number of isothiocyanates is 1. The number of thiocarbonyl (C=S) groups is 1. The molecule has 0 fully saturated rings. The van der Waals surface area contributed by atoms with E-state index in [0.29, 0.717) is 0 Å². The zero-order valence-corrected chi connectivity index (χ0v) is 16.7. The average molecular weight is 378 g/mol. The van der Waals surface area contributed by atoms with Gasteiger partial charge in [0.2, 0.25) is 0 Å². The van der Waals surface area contributed by atoms with Crippen molar-refractivity contribution in [3.05, 3.63) is 100 Å². The molecule has 0 aromatic heterocycles. The highest BCUT2D eigenvalue weighted by molar-refractivity contribution is 7.78. The Morgan fingerprint density at radius 3 is 1.93 bits per heavy atom. The summed E-state index contributed by atoms with van der Waals surface area (Å²) in [6.07, 6.45) is 1.04. The highest BCUT2D eigenvalue weighted by atomic mass is 32.1. The maximum atomic E-state index is 4.61. The molecule has 0 aliphatic carbocycles. The second-order valence-corrected chi connectivity index (χ2v) is 6.51. The number of hydrogen-bond donors (Lipinski definition) is 0. The molecule has 0 amide bonds. The normalized spacial score (nSPS) is 9.36. The Bertz CT molecular complexity index is 1140. The first kappa shape index (κ1) is 19.3. The van der Waals surface area contributed by atoms with E-state index >= 15 is 0 Å². The van der Waals surface area contributed by atoms with Gasteiger partial charge in [-0.25, -0.2) is 0 Å². The van der Waals surface area contributed by atoms with Crippen LogP contribution in [0.25, 0.3) is 0 Å². The van der Waals surface area contributed by atoms with E-state index < -0.39 is 0 Å². The fraction of sp³-hybridized carbons (Fsp3) is 0.115. The third-order valence-electron chi connectivity index (χ3n) is 4.32. The number of benzene rings is 3. The number of rotatable bonds is 2. The Morgan fingerprint density at radius 1 is 0.750 bits per heavy atom. The van der Waals surface area contributed by atoms with Crippen molar-refractivity contribution in [2.24, 2.45) is 4.99 Å². The molecular weight excluding hydrogens is 358 g/mol. The highest BCUT2D eigenvalue weighted by Gasteiger charge is 1.97. The molecule has 2 heteroatoms. The third-order valence-corrected chi connectivity index (χ3v) is 4.41. The molecule has 3 aromatic carbocycles. The van der Waals surface area contributed by atoms with Crippen molar-refractivity contribution in [3.63, 3.8) is 0 Å². The van der Waals surface area contributed by atoms with Gasteiger partial charge in [-0.05, 0) is 91.3 Å². The van der Waals surface area contributed by atoms with Crippen molar-refractivity contribution in [2.75, 3.05) is 0 Å². The Labute approximate surface area is 172 Å². The molecule has 0 aliphatic heterocycles. The molecule has 28 heavy (non-hydrogen) atoms. The first-order valence-corrected chi connectivity index (χ1v) is 9.50. The zero-order valence-electron chi connectivity index (χ0n) is 15.9. The number of hydrogen-bond acceptors (Lipinski definition) is 2. The minimum atomic E-state index is 0.781. The number of aryl methyl sites for hydroxylation is 2. The maximum Gasteiger partial charge on any atom is 0.0740 e. The highest BCUT2D eigenvalue weighted by Crippen LogP contribution is 2.13. The zero-order chi connectivity index (χ0) is 19.8. The molecule has 0 unspecified atom stereocenters. The van der Waals surface area contributed by atoms with Gasteiger partial charge in [0.25, 0.3) is 0 Å². The predicted octanol–water partition coefficient (Wildman–Crippen LogP) is 6.09. The summed E-state index contributed by atoms with van der Waals surface area (Å²) in [6, 6.07) is 22.1. The second-order valence-electron chi connectivity index (χ2n) is 6.33. The fourth-order valence-electron chi connectivity index (χ4n) is 2.66. The molecule has 0 bridgehead atoms. The largest absolute Gasteiger partial charge is 0.195 e. The summed E-state index contributed by atoms with van der Waals surface area (Å²) in [7, 11) is 0. The summed E-state index contributed by atoms with van der Waals surface area (Å²) in [5, 5.41) is 2.36. The molecule has 134 valence electrons. The maximum absolute atomic E-state index is 4.61. The van der Waals surface area contributed by atoms with Crippen molar-refractivity contribution in [3.8, 4) is 23.7 Å². The second kappa shape index (κ2) is 9.50. The van der Waals surface area contributed by atoms with Crippen LogP contribution in [0.5, 0.6) is 0 Å².